The molecule has 0 radical (unpaired) electrons. The molecule has 2 fully saturated rings. The first-order valence-corrected chi connectivity index (χ1v) is 14.0. The van der Waals surface area contributed by atoms with Gasteiger partial charge in [-0.05, 0) is 57.2 Å². The molecule has 2 heterocycles. The third-order valence-electron chi connectivity index (χ3n) is 6.83. The normalized spacial score (nSPS) is 19.6. The Bertz CT molecular complexity index is 1230. The second-order valence-electron chi connectivity index (χ2n) is 9.75. The van der Waals surface area contributed by atoms with E-state index in [-0.39, 0.29) is 41.6 Å². The molecule has 1 saturated carbocycles. The lowest BCUT2D eigenvalue weighted by Crippen LogP contribution is -2.42. The molecule has 1 saturated heterocycles. The zero-order chi connectivity index (χ0) is 27.9. The summed E-state index contributed by atoms with van der Waals surface area (Å²) in [4.78, 5) is 41.1. The minimum absolute atomic E-state index is 0.0387. The van der Waals surface area contributed by atoms with Crippen LogP contribution in [0.2, 0.25) is 0 Å². The van der Waals surface area contributed by atoms with Crippen LogP contribution in [0.25, 0.3) is 6.08 Å². The lowest BCUT2D eigenvalue weighted by molar-refractivity contribution is -0.143. The van der Waals surface area contributed by atoms with Gasteiger partial charge in [0.1, 0.15) is 11.5 Å². The van der Waals surface area contributed by atoms with Crippen molar-refractivity contribution in [3.8, 4) is 0 Å². The topological polar surface area (TPSA) is 104 Å². The highest BCUT2D eigenvalue weighted by atomic mass is 32.1. The summed E-state index contributed by atoms with van der Waals surface area (Å²) in [5, 5.41) is 8.69. The number of thiol groups is 1. The average molecular weight is 559 g/mol. The maximum Gasteiger partial charge on any atom is 0.361 e. The molecular weight excluding hydrogens is 523 g/mol. The fraction of sp³-hybridized carbons (Fsp3) is 0.536. The van der Waals surface area contributed by atoms with Crippen molar-refractivity contribution in [3.63, 3.8) is 0 Å². The second kappa shape index (κ2) is 13.3. The van der Waals surface area contributed by atoms with Gasteiger partial charge >= 0.3 is 11.9 Å². The Morgan fingerprint density at radius 1 is 1.13 bits per heavy atom. The van der Waals surface area contributed by atoms with E-state index in [4.69, 9.17) is 22.1 Å². The van der Waals surface area contributed by atoms with Crippen molar-refractivity contribution in [2.45, 2.75) is 63.8 Å². The van der Waals surface area contributed by atoms with Crippen LogP contribution >= 0.6 is 12.6 Å². The molecule has 39 heavy (non-hydrogen) atoms. The number of esters is 2. The highest BCUT2D eigenvalue weighted by Gasteiger charge is 2.41. The maximum atomic E-state index is 14.9. The molecule has 9 nitrogen and oxygen atoms in total. The standard InChI is InChI=1S/C28H35FN4O5S/c1-3-37-24(34)10-7-14-33-30-22(25(31-33)28(36)38-4-2)16-19-17-32(15-13-23(19)39)26(27(35)18-11-12-18)20-8-5-6-9-21(20)29/h5-6,8-9,16,18,23,26,39H,3-4,7,10-15,17H2,1-2H3/b19-16+. The van der Waals surface area contributed by atoms with Gasteiger partial charge in [-0.25, -0.2) is 9.18 Å². The Hall–Kier alpha value is -3.05. The number of Topliss-reactive ketones (excluding diaryl/α,β-unsaturated/α-hetero) is 1. The number of halogens is 1. The maximum absolute atomic E-state index is 14.9. The molecule has 11 heteroatoms. The van der Waals surface area contributed by atoms with Crippen molar-refractivity contribution in [1.82, 2.24) is 19.9 Å². The van der Waals surface area contributed by atoms with Crippen molar-refractivity contribution in [2.75, 3.05) is 26.3 Å². The van der Waals surface area contributed by atoms with E-state index in [0.29, 0.717) is 50.3 Å². The highest BCUT2D eigenvalue weighted by Crippen LogP contribution is 2.39. The Morgan fingerprint density at radius 2 is 1.87 bits per heavy atom. The Kier molecular flexibility index (Phi) is 9.90. The van der Waals surface area contributed by atoms with Crippen LogP contribution in [-0.4, -0.2) is 69.2 Å². The second-order valence-corrected chi connectivity index (χ2v) is 10.4. The van der Waals surface area contributed by atoms with Gasteiger partial charge in [0.2, 0.25) is 0 Å². The van der Waals surface area contributed by atoms with E-state index in [9.17, 15) is 18.8 Å². The fourth-order valence-electron chi connectivity index (χ4n) is 4.75. The molecule has 0 bridgehead atoms. The van der Waals surface area contributed by atoms with E-state index >= 15 is 0 Å². The zero-order valence-electron chi connectivity index (χ0n) is 22.3. The number of hydrogen-bond acceptors (Lipinski definition) is 9. The molecular formula is C28H35FN4O5S. The molecule has 2 unspecified atom stereocenters. The third-order valence-corrected chi connectivity index (χ3v) is 7.42. The highest BCUT2D eigenvalue weighted by molar-refractivity contribution is 7.81. The van der Waals surface area contributed by atoms with Gasteiger partial charge < -0.3 is 9.47 Å². The Labute approximate surface area is 233 Å². The molecule has 1 aromatic heterocycles. The van der Waals surface area contributed by atoms with E-state index in [2.05, 4.69) is 10.2 Å². The molecule has 1 aliphatic heterocycles. The number of aromatic nitrogens is 3. The quantitative estimate of drug-likeness (QED) is 0.308. The van der Waals surface area contributed by atoms with Crippen LogP contribution in [0.3, 0.4) is 0 Å². The van der Waals surface area contributed by atoms with Gasteiger partial charge in [-0.15, -0.1) is 5.10 Å². The van der Waals surface area contributed by atoms with Crippen LogP contribution in [0.5, 0.6) is 0 Å². The molecule has 0 N–H and O–H groups in total. The number of carbonyl (C=O) groups is 3. The molecule has 0 amide bonds. The number of ether oxygens (including phenoxy) is 2. The summed E-state index contributed by atoms with van der Waals surface area (Å²) in [6.45, 7) is 5.22. The predicted molar refractivity (Wildman–Crippen MR) is 146 cm³/mol. The molecule has 0 spiro atoms. The van der Waals surface area contributed by atoms with Crippen LogP contribution in [0.15, 0.2) is 29.8 Å². The number of hydrogen-bond donors (Lipinski definition) is 1. The van der Waals surface area contributed by atoms with Gasteiger partial charge in [-0.3, -0.25) is 14.5 Å². The van der Waals surface area contributed by atoms with Crippen molar-refractivity contribution >= 4 is 36.4 Å². The summed E-state index contributed by atoms with van der Waals surface area (Å²) in [6.07, 6.45) is 4.73. The molecule has 2 aliphatic rings. The summed E-state index contributed by atoms with van der Waals surface area (Å²) >= 11 is 4.76. The Balaban J connectivity index is 1.60. The van der Waals surface area contributed by atoms with Crippen molar-refractivity contribution in [2.24, 2.45) is 5.92 Å². The van der Waals surface area contributed by atoms with E-state index in [1.165, 1.54) is 10.9 Å². The minimum atomic E-state index is -0.689. The molecule has 4 rings (SSSR count). The monoisotopic (exact) mass is 558 g/mol. The van der Waals surface area contributed by atoms with Crippen molar-refractivity contribution in [3.05, 3.63) is 52.6 Å². The molecule has 2 aromatic rings. The lowest BCUT2D eigenvalue weighted by atomic mass is 9.93. The molecule has 1 aromatic carbocycles. The van der Waals surface area contributed by atoms with Crippen molar-refractivity contribution in [1.29, 1.82) is 0 Å². The average Bonchev–Trinajstić information content (AvgIpc) is 3.68. The summed E-state index contributed by atoms with van der Waals surface area (Å²) in [7, 11) is 0. The van der Waals surface area contributed by atoms with Crippen LogP contribution in [0.4, 0.5) is 4.39 Å². The van der Waals surface area contributed by atoms with Gasteiger partial charge in [0.15, 0.2) is 11.5 Å². The summed E-state index contributed by atoms with van der Waals surface area (Å²) in [6, 6.07) is 5.74. The van der Waals surface area contributed by atoms with Crippen LogP contribution in [0, 0.1) is 11.7 Å². The largest absolute Gasteiger partial charge is 0.466 e. The number of aryl methyl sites for hydroxylation is 1. The van der Waals surface area contributed by atoms with E-state index in [0.717, 1.165) is 18.4 Å². The van der Waals surface area contributed by atoms with Crippen LogP contribution in [0.1, 0.15) is 73.7 Å². The predicted octanol–water partition coefficient (Wildman–Crippen LogP) is 4.05. The molecule has 2 atom stereocenters. The first-order valence-electron chi connectivity index (χ1n) is 13.5. The number of benzene rings is 1. The number of carbonyl (C=O) groups excluding carboxylic acids is 3. The van der Waals surface area contributed by atoms with Crippen LogP contribution < -0.4 is 0 Å². The molecule has 210 valence electrons. The smallest absolute Gasteiger partial charge is 0.361 e. The fourth-order valence-corrected chi connectivity index (χ4v) is 5.02. The SMILES string of the molecule is CCOC(=O)CCCn1nc(/C=C2\CN(C(C(=O)C3CC3)c3ccccc3F)CCC2S)c(C(=O)OCC)n1. The van der Waals surface area contributed by atoms with Crippen LogP contribution in [-0.2, 0) is 25.6 Å². The van der Waals surface area contributed by atoms with Gasteiger partial charge in [0, 0.05) is 36.2 Å². The van der Waals surface area contributed by atoms with Gasteiger partial charge in [-0.2, -0.15) is 22.5 Å². The first kappa shape index (κ1) is 28.9. The summed E-state index contributed by atoms with van der Waals surface area (Å²) in [5.74, 6) is -1.30. The zero-order valence-corrected chi connectivity index (χ0v) is 23.2. The number of nitrogens with zero attached hydrogens (tertiary/aromatic N) is 4. The Morgan fingerprint density at radius 3 is 2.56 bits per heavy atom. The number of piperidine rings is 1. The van der Waals surface area contributed by atoms with Gasteiger partial charge in [0.05, 0.1) is 25.8 Å². The number of likely N-dealkylation sites (tertiary alicyclic amines) is 1. The van der Waals surface area contributed by atoms with Gasteiger partial charge in [-0.1, -0.05) is 18.2 Å². The minimum Gasteiger partial charge on any atom is -0.466 e. The van der Waals surface area contributed by atoms with Gasteiger partial charge in [0.25, 0.3) is 0 Å². The first-order chi connectivity index (χ1) is 18.8. The number of ketones is 1. The summed E-state index contributed by atoms with van der Waals surface area (Å²) < 4.78 is 25.0. The van der Waals surface area contributed by atoms with E-state index in [1.807, 2.05) is 4.90 Å². The summed E-state index contributed by atoms with van der Waals surface area (Å²) in [5.41, 5.74) is 1.62. The number of rotatable bonds is 12. The van der Waals surface area contributed by atoms with E-state index < -0.39 is 17.8 Å². The van der Waals surface area contributed by atoms with Crippen molar-refractivity contribution < 1.29 is 28.2 Å². The van der Waals surface area contributed by atoms with E-state index in [1.54, 1.807) is 38.1 Å². The molecule has 1 aliphatic carbocycles. The lowest BCUT2D eigenvalue weighted by Gasteiger charge is -2.37. The third kappa shape index (κ3) is 7.33.